The second kappa shape index (κ2) is 12.0. The van der Waals surface area contributed by atoms with Gasteiger partial charge < -0.3 is 9.80 Å². The van der Waals surface area contributed by atoms with Crippen LogP contribution in [-0.2, 0) is 0 Å². The fourth-order valence-corrected chi connectivity index (χ4v) is 9.87. The minimum Gasteiger partial charge on any atom is -0.310 e. The molecule has 0 saturated heterocycles. The fraction of sp³-hybridized carbons (Fsp3) is 0. The van der Waals surface area contributed by atoms with Crippen molar-refractivity contribution in [2.45, 2.75) is 19.6 Å². The van der Waals surface area contributed by atoms with E-state index in [4.69, 9.17) is 0 Å². The van der Waals surface area contributed by atoms with E-state index in [1.807, 2.05) is 34.9 Å². The van der Waals surface area contributed by atoms with Crippen LogP contribution in [0.2, 0.25) is 0 Å². The van der Waals surface area contributed by atoms with Crippen LogP contribution in [0.5, 0.6) is 0 Å². The number of anilines is 6. The number of rotatable bonds is 6. The third-order valence-corrected chi connectivity index (χ3v) is 12.2. The Balaban J connectivity index is 1.30. The van der Waals surface area contributed by atoms with Crippen LogP contribution in [0.1, 0.15) is 0 Å². The minimum absolute atomic E-state index is 1.12. The van der Waals surface area contributed by atoms with Gasteiger partial charge in [-0.15, -0.1) is 11.3 Å². The van der Waals surface area contributed by atoms with Gasteiger partial charge in [-0.3, -0.25) is 0 Å². The Kier molecular flexibility index (Phi) is 7.23. The third kappa shape index (κ3) is 5.17. The van der Waals surface area contributed by atoms with Gasteiger partial charge in [0.05, 0.1) is 10.6 Å². The molecule has 0 unspecified atom stereocenters. The molecule has 0 aliphatic carbocycles. The van der Waals surface area contributed by atoms with Gasteiger partial charge in [0.15, 0.2) is 0 Å². The summed E-state index contributed by atoms with van der Waals surface area (Å²) in [5.74, 6) is 0. The number of thiophene rings is 1. The van der Waals surface area contributed by atoms with E-state index in [9.17, 15) is 0 Å². The van der Waals surface area contributed by atoms with Gasteiger partial charge in [-0.1, -0.05) is 115 Å². The molecule has 7 aromatic carbocycles. The normalized spacial score (nSPS) is 12.1. The van der Waals surface area contributed by atoms with Gasteiger partial charge in [-0.05, 0) is 78.9 Å². The van der Waals surface area contributed by atoms with Crippen molar-refractivity contribution in [3.8, 4) is 0 Å². The van der Waals surface area contributed by atoms with Crippen LogP contribution in [0.4, 0.5) is 34.1 Å². The van der Waals surface area contributed by atoms with E-state index in [1.54, 1.807) is 0 Å². The summed E-state index contributed by atoms with van der Waals surface area (Å²) in [6.45, 7) is 0. The van der Waals surface area contributed by atoms with Crippen LogP contribution in [0, 0.1) is 0 Å². The van der Waals surface area contributed by atoms with Crippen molar-refractivity contribution in [3.63, 3.8) is 0 Å². The van der Waals surface area contributed by atoms with E-state index in [-0.39, 0.29) is 0 Å². The first-order valence-electron chi connectivity index (χ1n) is 15.6. The quantitative estimate of drug-likeness (QED) is 0.176. The van der Waals surface area contributed by atoms with E-state index < -0.39 is 0 Å². The van der Waals surface area contributed by atoms with Gasteiger partial charge in [0.25, 0.3) is 0 Å². The standard InChI is InChI=1S/C42H28N2S3/c1-4-14-29(15-5-1)43(32-24-25-35-34-20-10-11-21-37(34)45-40(35)27-32)33-26-36(42-41(28-33)46-38-22-12-13-23-39(38)47-42)44(30-16-6-2-7-17-30)31-18-8-3-9-19-31/h1-28H. The highest BCUT2D eigenvalue weighted by molar-refractivity contribution is 8.05. The summed E-state index contributed by atoms with van der Waals surface area (Å²) in [5.41, 5.74) is 6.79. The Morgan fingerprint density at radius 1 is 0.340 bits per heavy atom. The average molecular weight is 657 g/mol. The molecule has 2 heterocycles. The second-order valence-electron chi connectivity index (χ2n) is 11.4. The van der Waals surface area contributed by atoms with Gasteiger partial charge in [-0.25, -0.2) is 0 Å². The molecule has 1 aliphatic rings. The van der Waals surface area contributed by atoms with Gasteiger partial charge in [0.1, 0.15) is 0 Å². The number of fused-ring (bicyclic) bond motifs is 5. The largest absolute Gasteiger partial charge is 0.310 e. The monoisotopic (exact) mass is 656 g/mol. The van der Waals surface area contributed by atoms with E-state index in [0.717, 1.165) is 34.1 Å². The predicted octanol–water partition coefficient (Wildman–Crippen LogP) is 13.6. The van der Waals surface area contributed by atoms with Crippen molar-refractivity contribution in [3.05, 3.63) is 170 Å². The smallest absolute Gasteiger partial charge is 0.0633 e. The average Bonchev–Trinajstić information content (AvgIpc) is 3.50. The molecule has 47 heavy (non-hydrogen) atoms. The molecule has 0 fully saturated rings. The molecule has 0 saturated carbocycles. The van der Waals surface area contributed by atoms with Gasteiger partial charge >= 0.3 is 0 Å². The van der Waals surface area contributed by atoms with E-state index in [0.29, 0.717) is 0 Å². The van der Waals surface area contributed by atoms with Crippen molar-refractivity contribution in [1.29, 1.82) is 0 Å². The van der Waals surface area contributed by atoms with Crippen LogP contribution in [0.3, 0.4) is 0 Å². The summed E-state index contributed by atoms with van der Waals surface area (Å²) < 4.78 is 2.60. The molecule has 0 radical (unpaired) electrons. The molecule has 9 rings (SSSR count). The van der Waals surface area contributed by atoms with Gasteiger partial charge in [0, 0.05) is 63.3 Å². The fourth-order valence-electron chi connectivity index (χ4n) is 6.35. The molecule has 224 valence electrons. The topological polar surface area (TPSA) is 6.48 Å². The summed E-state index contributed by atoms with van der Waals surface area (Å²) >= 11 is 5.58. The van der Waals surface area contributed by atoms with Crippen molar-refractivity contribution in [2.24, 2.45) is 0 Å². The zero-order valence-electron chi connectivity index (χ0n) is 25.3. The Hall–Kier alpha value is -4.94. The molecule has 0 atom stereocenters. The lowest BCUT2D eigenvalue weighted by Crippen LogP contribution is -2.15. The summed E-state index contributed by atoms with van der Waals surface area (Å²) in [4.78, 5) is 9.91. The molecule has 1 aromatic heterocycles. The Morgan fingerprint density at radius 3 is 1.57 bits per heavy atom. The summed E-state index contributed by atoms with van der Waals surface area (Å²) in [6.07, 6.45) is 0. The molecule has 2 nitrogen and oxygen atoms in total. The van der Waals surface area contributed by atoms with Crippen LogP contribution in [0.25, 0.3) is 20.2 Å². The van der Waals surface area contributed by atoms with Crippen molar-refractivity contribution >= 4 is 89.2 Å². The van der Waals surface area contributed by atoms with Gasteiger partial charge in [0.2, 0.25) is 0 Å². The summed E-state index contributed by atoms with van der Waals surface area (Å²) in [7, 11) is 0. The number of hydrogen-bond donors (Lipinski definition) is 0. The van der Waals surface area contributed by atoms with Crippen LogP contribution in [0.15, 0.2) is 189 Å². The number of benzene rings is 7. The van der Waals surface area contributed by atoms with Gasteiger partial charge in [-0.2, -0.15) is 0 Å². The highest BCUT2D eigenvalue weighted by atomic mass is 32.2. The summed E-state index contributed by atoms with van der Waals surface area (Å²) in [5, 5.41) is 2.62. The lowest BCUT2D eigenvalue weighted by atomic mass is 10.1. The SMILES string of the molecule is c1ccc(N(c2cc3c(c(N(c4ccccc4)c4ccccc4)c2)Sc2ccccc2S3)c2ccc3c(c2)sc2ccccc23)cc1. The van der Waals surface area contributed by atoms with E-state index in [1.165, 1.54) is 39.8 Å². The molecule has 1 aliphatic heterocycles. The van der Waals surface area contributed by atoms with Crippen LogP contribution < -0.4 is 9.80 Å². The maximum Gasteiger partial charge on any atom is 0.0633 e. The molecule has 0 bridgehead atoms. The Labute approximate surface area is 286 Å². The molecule has 0 N–H and O–H groups in total. The minimum atomic E-state index is 1.12. The molecule has 0 spiro atoms. The zero-order chi connectivity index (χ0) is 31.2. The molecule has 8 aromatic rings. The van der Waals surface area contributed by atoms with Crippen molar-refractivity contribution < 1.29 is 0 Å². The van der Waals surface area contributed by atoms with Crippen LogP contribution >= 0.6 is 34.9 Å². The first-order valence-corrected chi connectivity index (χ1v) is 18.0. The lowest BCUT2D eigenvalue weighted by Gasteiger charge is -2.33. The van der Waals surface area contributed by atoms with Crippen molar-refractivity contribution in [2.75, 3.05) is 9.80 Å². The first kappa shape index (κ1) is 28.3. The highest BCUT2D eigenvalue weighted by Gasteiger charge is 2.27. The summed E-state index contributed by atoms with van der Waals surface area (Å²) in [6, 6.07) is 61.3. The maximum absolute atomic E-state index is 2.41. The number of para-hydroxylation sites is 3. The van der Waals surface area contributed by atoms with E-state index in [2.05, 4.69) is 180 Å². The molecular formula is C42H28N2S3. The second-order valence-corrected chi connectivity index (χ2v) is 14.6. The first-order chi connectivity index (χ1) is 23.3. The van der Waals surface area contributed by atoms with Crippen LogP contribution in [-0.4, -0.2) is 0 Å². The van der Waals surface area contributed by atoms with E-state index >= 15 is 0 Å². The number of nitrogens with zero attached hydrogens (tertiary/aromatic N) is 2. The lowest BCUT2D eigenvalue weighted by molar-refractivity contribution is 1.11. The molecular weight excluding hydrogens is 629 g/mol. The van der Waals surface area contributed by atoms with Crippen molar-refractivity contribution in [1.82, 2.24) is 0 Å². The molecule has 5 heteroatoms. The highest BCUT2D eigenvalue weighted by Crippen LogP contribution is 2.56. The maximum atomic E-state index is 2.41. The molecule has 0 amide bonds. The Bertz CT molecular complexity index is 2330. The zero-order valence-corrected chi connectivity index (χ0v) is 27.7. The Morgan fingerprint density at radius 2 is 0.894 bits per heavy atom. The number of hydrogen-bond acceptors (Lipinski definition) is 5. The predicted molar refractivity (Wildman–Crippen MR) is 203 cm³/mol. The third-order valence-electron chi connectivity index (χ3n) is 8.46.